The molecule has 0 aliphatic carbocycles. The minimum absolute atomic E-state index is 0.330. The van der Waals surface area contributed by atoms with Crippen LogP contribution in [-0.4, -0.2) is 24.9 Å². The third kappa shape index (κ3) is 5.00. The van der Waals surface area contributed by atoms with Crippen molar-refractivity contribution in [2.45, 2.75) is 26.2 Å². The van der Waals surface area contributed by atoms with Crippen LogP contribution in [0.5, 0.6) is 5.75 Å². The van der Waals surface area contributed by atoms with Crippen LogP contribution in [0.3, 0.4) is 0 Å². The molecule has 0 radical (unpaired) electrons. The molecule has 0 amide bonds. The first-order chi connectivity index (χ1) is 8.79. The van der Waals surface area contributed by atoms with Crippen LogP contribution in [0.15, 0.2) is 24.3 Å². The maximum absolute atomic E-state index is 11.7. The maximum Gasteiger partial charge on any atom is 0.341 e. The molecule has 0 aromatic heterocycles. The Labute approximate surface area is 114 Å². The number of hydrogen-bond donors (Lipinski definition) is 1. The van der Waals surface area contributed by atoms with Crippen molar-refractivity contribution >= 4 is 18.6 Å². The average molecular weight is 268 g/mol. The van der Waals surface area contributed by atoms with E-state index in [0.717, 1.165) is 25.0 Å². The van der Waals surface area contributed by atoms with Crippen molar-refractivity contribution in [1.29, 1.82) is 0 Å². The van der Waals surface area contributed by atoms with Gasteiger partial charge in [-0.1, -0.05) is 12.1 Å². The number of carbonyl (C=O) groups excluding carboxylic acids is 1. The summed E-state index contributed by atoms with van der Waals surface area (Å²) in [6.45, 7) is 2.78. The molecule has 1 aromatic rings. The standard InChI is InChI=1S/C14H20O3S/c1-2-16-14(15)12-8-4-5-9-13(12)17-10-6-3-7-11-18/h4-5,8-9,18H,2-3,6-7,10-11H2,1H3. The minimum atomic E-state index is -0.330. The van der Waals surface area contributed by atoms with Crippen LogP contribution in [0.1, 0.15) is 36.5 Å². The van der Waals surface area contributed by atoms with Crippen LogP contribution < -0.4 is 4.74 Å². The van der Waals surface area contributed by atoms with Gasteiger partial charge in [-0.25, -0.2) is 4.79 Å². The number of carbonyl (C=O) groups is 1. The predicted molar refractivity (Wildman–Crippen MR) is 75.6 cm³/mol. The fourth-order valence-corrected chi connectivity index (χ4v) is 1.77. The van der Waals surface area contributed by atoms with E-state index in [1.807, 2.05) is 6.07 Å². The highest BCUT2D eigenvalue weighted by atomic mass is 32.1. The molecule has 1 rings (SSSR count). The minimum Gasteiger partial charge on any atom is -0.493 e. The van der Waals surface area contributed by atoms with Crippen molar-refractivity contribution in [3.8, 4) is 5.75 Å². The van der Waals surface area contributed by atoms with E-state index in [1.54, 1.807) is 25.1 Å². The normalized spacial score (nSPS) is 10.1. The van der Waals surface area contributed by atoms with Gasteiger partial charge in [0.25, 0.3) is 0 Å². The zero-order valence-corrected chi connectivity index (χ0v) is 11.6. The monoisotopic (exact) mass is 268 g/mol. The first kappa shape index (κ1) is 14.9. The van der Waals surface area contributed by atoms with Gasteiger partial charge in [0.05, 0.1) is 13.2 Å². The number of thiol groups is 1. The molecule has 0 atom stereocenters. The lowest BCUT2D eigenvalue weighted by Gasteiger charge is -2.10. The second-order valence-electron chi connectivity index (χ2n) is 3.85. The van der Waals surface area contributed by atoms with Crippen LogP contribution in [0.25, 0.3) is 0 Å². The Balaban J connectivity index is 2.51. The lowest BCUT2D eigenvalue weighted by atomic mass is 10.2. The summed E-state index contributed by atoms with van der Waals surface area (Å²) in [5.41, 5.74) is 0.494. The van der Waals surface area contributed by atoms with Gasteiger partial charge in [0.2, 0.25) is 0 Å². The number of ether oxygens (including phenoxy) is 2. The lowest BCUT2D eigenvalue weighted by Crippen LogP contribution is -2.08. The molecule has 1 aromatic carbocycles. The second kappa shape index (κ2) is 8.86. The molecule has 0 spiro atoms. The van der Waals surface area contributed by atoms with E-state index in [4.69, 9.17) is 9.47 Å². The number of unbranched alkanes of at least 4 members (excludes halogenated alkanes) is 2. The number of para-hydroxylation sites is 1. The summed E-state index contributed by atoms with van der Waals surface area (Å²) in [5, 5.41) is 0. The highest BCUT2D eigenvalue weighted by Gasteiger charge is 2.12. The summed E-state index contributed by atoms with van der Waals surface area (Å²) in [6.07, 6.45) is 3.15. The van der Waals surface area contributed by atoms with Crippen molar-refractivity contribution in [2.75, 3.05) is 19.0 Å². The smallest absolute Gasteiger partial charge is 0.341 e. The van der Waals surface area contributed by atoms with Crippen molar-refractivity contribution in [3.05, 3.63) is 29.8 Å². The number of rotatable bonds is 8. The summed E-state index contributed by atoms with van der Waals surface area (Å²) in [6, 6.07) is 7.18. The highest BCUT2D eigenvalue weighted by molar-refractivity contribution is 7.80. The fourth-order valence-electron chi connectivity index (χ4n) is 1.54. The van der Waals surface area contributed by atoms with Crippen molar-refractivity contribution < 1.29 is 14.3 Å². The third-order valence-corrected chi connectivity index (χ3v) is 2.76. The Morgan fingerprint density at radius 2 is 2.00 bits per heavy atom. The van der Waals surface area contributed by atoms with Gasteiger partial charge in [0, 0.05) is 0 Å². The third-order valence-electron chi connectivity index (χ3n) is 2.44. The number of esters is 1. The quantitative estimate of drug-likeness (QED) is 0.446. The van der Waals surface area contributed by atoms with E-state index in [1.165, 1.54) is 0 Å². The van der Waals surface area contributed by atoms with Gasteiger partial charge in [-0.3, -0.25) is 0 Å². The first-order valence-corrected chi connectivity index (χ1v) is 6.92. The molecule has 0 N–H and O–H groups in total. The van der Waals surface area contributed by atoms with Crippen molar-refractivity contribution in [2.24, 2.45) is 0 Å². The molecule has 100 valence electrons. The van der Waals surface area contributed by atoms with Gasteiger partial charge < -0.3 is 9.47 Å². The van der Waals surface area contributed by atoms with Crippen molar-refractivity contribution in [3.63, 3.8) is 0 Å². The summed E-state index contributed by atoms with van der Waals surface area (Å²) in [5.74, 6) is 1.17. The Morgan fingerprint density at radius 1 is 1.22 bits per heavy atom. The average Bonchev–Trinajstić information content (AvgIpc) is 2.39. The zero-order chi connectivity index (χ0) is 13.2. The number of benzene rings is 1. The summed E-state index contributed by atoms with van der Waals surface area (Å²) in [7, 11) is 0. The first-order valence-electron chi connectivity index (χ1n) is 6.29. The van der Waals surface area contributed by atoms with Gasteiger partial charge in [-0.15, -0.1) is 0 Å². The molecule has 0 saturated carbocycles. The molecule has 3 nitrogen and oxygen atoms in total. The van der Waals surface area contributed by atoms with Crippen LogP contribution in [0.2, 0.25) is 0 Å². The molecule has 0 aliphatic heterocycles. The Hall–Kier alpha value is -1.16. The van der Waals surface area contributed by atoms with Crippen molar-refractivity contribution in [1.82, 2.24) is 0 Å². The van der Waals surface area contributed by atoms with Gasteiger partial charge in [-0.2, -0.15) is 12.6 Å². The van der Waals surface area contributed by atoms with E-state index in [-0.39, 0.29) is 5.97 Å². The molecule has 0 saturated heterocycles. The van der Waals surface area contributed by atoms with E-state index < -0.39 is 0 Å². The molecular formula is C14H20O3S. The largest absolute Gasteiger partial charge is 0.493 e. The van der Waals surface area contributed by atoms with Crippen LogP contribution in [0, 0.1) is 0 Å². The predicted octanol–water partition coefficient (Wildman–Crippen LogP) is 3.34. The molecule has 0 unspecified atom stereocenters. The lowest BCUT2D eigenvalue weighted by molar-refractivity contribution is 0.0521. The summed E-state index contributed by atoms with van der Waals surface area (Å²) >= 11 is 4.16. The maximum atomic E-state index is 11.7. The summed E-state index contributed by atoms with van der Waals surface area (Å²) in [4.78, 5) is 11.7. The van der Waals surface area contributed by atoms with E-state index >= 15 is 0 Å². The molecule has 18 heavy (non-hydrogen) atoms. The van der Waals surface area contributed by atoms with Crippen LogP contribution in [0.4, 0.5) is 0 Å². The molecule has 0 aliphatic rings. The Morgan fingerprint density at radius 3 is 2.72 bits per heavy atom. The molecule has 4 heteroatoms. The van der Waals surface area contributed by atoms with Crippen LogP contribution >= 0.6 is 12.6 Å². The summed E-state index contributed by atoms with van der Waals surface area (Å²) < 4.78 is 10.6. The van der Waals surface area contributed by atoms with E-state index in [2.05, 4.69) is 12.6 Å². The van der Waals surface area contributed by atoms with E-state index in [0.29, 0.717) is 24.5 Å². The topological polar surface area (TPSA) is 35.5 Å². The Bertz CT molecular complexity index is 366. The Kier molecular flexibility index (Phi) is 7.34. The van der Waals surface area contributed by atoms with Gasteiger partial charge in [0.1, 0.15) is 11.3 Å². The van der Waals surface area contributed by atoms with Gasteiger partial charge in [0.15, 0.2) is 0 Å². The van der Waals surface area contributed by atoms with E-state index in [9.17, 15) is 4.79 Å². The highest BCUT2D eigenvalue weighted by Crippen LogP contribution is 2.19. The fraction of sp³-hybridized carbons (Fsp3) is 0.500. The second-order valence-corrected chi connectivity index (χ2v) is 4.30. The molecule has 0 heterocycles. The van der Waals surface area contributed by atoms with Gasteiger partial charge >= 0.3 is 5.97 Å². The zero-order valence-electron chi connectivity index (χ0n) is 10.7. The molecule has 0 fully saturated rings. The van der Waals surface area contributed by atoms with Gasteiger partial charge in [-0.05, 0) is 44.1 Å². The SMILES string of the molecule is CCOC(=O)c1ccccc1OCCCCCS. The molecule has 0 bridgehead atoms. The van der Waals surface area contributed by atoms with Crippen LogP contribution in [-0.2, 0) is 4.74 Å². The molecular weight excluding hydrogens is 248 g/mol. The number of hydrogen-bond acceptors (Lipinski definition) is 4.